The zero-order valence-corrected chi connectivity index (χ0v) is 11.2. The maximum Gasteiger partial charge on any atom is 0.261 e. The largest absolute Gasteiger partial charge is 0.342 e. The van der Waals surface area contributed by atoms with Crippen LogP contribution in [0, 0.1) is 0 Å². The second-order valence-corrected chi connectivity index (χ2v) is 5.26. The molecule has 96 valence electrons. The molecule has 0 radical (unpaired) electrons. The van der Waals surface area contributed by atoms with E-state index in [0.29, 0.717) is 4.88 Å². The van der Waals surface area contributed by atoms with Crippen LogP contribution in [-0.4, -0.2) is 15.9 Å². The summed E-state index contributed by atoms with van der Waals surface area (Å²) in [5.41, 5.74) is 1.89. The fourth-order valence-electron chi connectivity index (χ4n) is 1.92. The summed E-state index contributed by atoms with van der Waals surface area (Å²) in [5, 5.41) is 4.83. The molecule has 3 rings (SSSR count). The van der Waals surface area contributed by atoms with Gasteiger partial charge in [-0.25, -0.2) is 4.98 Å². The van der Waals surface area contributed by atoms with E-state index in [1.54, 1.807) is 0 Å². The molecule has 1 amide bonds. The predicted molar refractivity (Wildman–Crippen MR) is 76.3 cm³/mol. The van der Waals surface area contributed by atoms with Gasteiger partial charge in [-0.05, 0) is 30.5 Å². The van der Waals surface area contributed by atoms with E-state index >= 15 is 0 Å². The Morgan fingerprint density at radius 3 is 2.89 bits per heavy atom. The van der Waals surface area contributed by atoms with E-state index < -0.39 is 0 Å². The zero-order valence-electron chi connectivity index (χ0n) is 10.4. The van der Waals surface area contributed by atoms with Gasteiger partial charge in [0.1, 0.15) is 5.82 Å². The van der Waals surface area contributed by atoms with Crippen molar-refractivity contribution in [1.29, 1.82) is 0 Å². The molecule has 2 heterocycles. The third-order valence-corrected chi connectivity index (χ3v) is 3.78. The van der Waals surface area contributed by atoms with Crippen molar-refractivity contribution in [1.82, 2.24) is 15.3 Å². The number of amides is 1. The van der Waals surface area contributed by atoms with E-state index in [1.165, 1.54) is 11.3 Å². The Bertz CT molecular complexity index is 669. The molecule has 0 bridgehead atoms. The smallest absolute Gasteiger partial charge is 0.261 e. The van der Waals surface area contributed by atoms with Crippen LogP contribution in [0.25, 0.3) is 11.0 Å². The first-order chi connectivity index (χ1) is 9.24. The molecule has 0 saturated carbocycles. The molecule has 1 atom stereocenters. The Balaban J connectivity index is 1.80. The Morgan fingerprint density at radius 2 is 2.16 bits per heavy atom. The van der Waals surface area contributed by atoms with E-state index in [-0.39, 0.29) is 11.9 Å². The Labute approximate surface area is 114 Å². The van der Waals surface area contributed by atoms with E-state index in [9.17, 15) is 4.79 Å². The second kappa shape index (κ2) is 4.85. The summed E-state index contributed by atoms with van der Waals surface area (Å²) in [7, 11) is 0. The summed E-state index contributed by atoms with van der Waals surface area (Å²) >= 11 is 1.43. The number of aromatic nitrogens is 2. The first-order valence-electron chi connectivity index (χ1n) is 6.03. The Kier molecular flexibility index (Phi) is 3.05. The summed E-state index contributed by atoms with van der Waals surface area (Å²) in [6.07, 6.45) is 0. The third-order valence-electron chi connectivity index (χ3n) is 2.91. The number of fused-ring (bicyclic) bond motifs is 1. The normalized spacial score (nSPS) is 12.5. The minimum atomic E-state index is -0.151. The van der Waals surface area contributed by atoms with Gasteiger partial charge in [0, 0.05) is 0 Å². The molecule has 5 heteroatoms. The van der Waals surface area contributed by atoms with Crippen LogP contribution in [-0.2, 0) is 0 Å². The molecule has 0 aliphatic carbocycles. The monoisotopic (exact) mass is 271 g/mol. The number of thiophene rings is 1. The fraction of sp³-hybridized carbons (Fsp3) is 0.143. The Morgan fingerprint density at radius 1 is 1.32 bits per heavy atom. The first-order valence-corrected chi connectivity index (χ1v) is 6.91. The van der Waals surface area contributed by atoms with E-state index in [0.717, 1.165) is 16.9 Å². The fourth-order valence-corrected chi connectivity index (χ4v) is 2.55. The van der Waals surface area contributed by atoms with Crippen molar-refractivity contribution in [2.24, 2.45) is 0 Å². The van der Waals surface area contributed by atoms with Crippen molar-refractivity contribution in [3.05, 3.63) is 52.5 Å². The lowest BCUT2D eigenvalue weighted by Crippen LogP contribution is -2.26. The highest BCUT2D eigenvalue weighted by Crippen LogP contribution is 2.16. The van der Waals surface area contributed by atoms with Crippen LogP contribution in [0.15, 0.2) is 41.8 Å². The minimum absolute atomic E-state index is 0.0667. The number of carbonyl (C=O) groups is 1. The second-order valence-electron chi connectivity index (χ2n) is 4.31. The van der Waals surface area contributed by atoms with Crippen molar-refractivity contribution < 1.29 is 4.79 Å². The zero-order chi connectivity index (χ0) is 13.2. The topological polar surface area (TPSA) is 57.8 Å². The van der Waals surface area contributed by atoms with Gasteiger partial charge in [-0.2, -0.15) is 0 Å². The SMILES string of the molecule is C[C@H](NC(=O)c1cccs1)c1nc2ccccc2[nH]1. The van der Waals surface area contributed by atoms with E-state index in [1.807, 2.05) is 48.7 Å². The number of para-hydroxylation sites is 2. The van der Waals surface area contributed by atoms with Crippen molar-refractivity contribution in [3.63, 3.8) is 0 Å². The molecule has 0 fully saturated rings. The highest BCUT2D eigenvalue weighted by Gasteiger charge is 2.15. The number of benzene rings is 1. The predicted octanol–water partition coefficient (Wildman–Crippen LogP) is 3.12. The van der Waals surface area contributed by atoms with Crippen molar-refractivity contribution in [2.45, 2.75) is 13.0 Å². The highest BCUT2D eigenvalue weighted by molar-refractivity contribution is 7.12. The summed E-state index contributed by atoms with van der Waals surface area (Å²) in [6.45, 7) is 1.92. The molecule has 0 aliphatic rings. The van der Waals surface area contributed by atoms with Gasteiger partial charge in [-0.15, -0.1) is 11.3 Å². The molecule has 19 heavy (non-hydrogen) atoms. The molecule has 1 aromatic carbocycles. The van der Waals surface area contributed by atoms with Crippen molar-refractivity contribution >= 4 is 28.3 Å². The molecule has 0 unspecified atom stereocenters. The number of hydrogen-bond acceptors (Lipinski definition) is 3. The van der Waals surface area contributed by atoms with Crippen LogP contribution in [0.4, 0.5) is 0 Å². The minimum Gasteiger partial charge on any atom is -0.342 e. The van der Waals surface area contributed by atoms with Gasteiger partial charge in [0.05, 0.1) is 22.0 Å². The standard InChI is InChI=1S/C14H13N3OS/c1-9(15-14(18)12-7-4-8-19-12)13-16-10-5-2-3-6-11(10)17-13/h2-9H,1H3,(H,15,18)(H,16,17)/t9-/m0/s1. The number of rotatable bonds is 3. The molecule has 0 saturated heterocycles. The van der Waals surface area contributed by atoms with Gasteiger partial charge >= 0.3 is 0 Å². The summed E-state index contributed by atoms with van der Waals surface area (Å²) in [4.78, 5) is 20.4. The quantitative estimate of drug-likeness (QED) is 0.769. The molecule has 0 spiro atoms. The third kappa shape index (κ3) is 2.37. The number of aromatic amines is 1. The van der Waals surface area contributed by atoms with Gasteiger partial charge < -0.3 is 10.3 Å². The Hall–Kier alpha value is -2.14. The van der Waals surface area contributed by atoms with Gasteiger partial charge in [0.15, 0.2) is 0 Å². The average Bonchev–Trinajstić information content (AvgIpc) is 3.07. The molecule has 0 aliphatic heterocycles. The number of nitrogens with one attached hydrogen (secondary N) is 2. The molecule has 3 aromatic rings. The van der Waals surface area contributed by atoms with Crippen LogP contribution in [0.2, 0.25) is 0 Å². The van der Waals surface area contributed by atoms with Gasteiger partial charge in [-0.1, -0.05) is 18.2 Å². The summed E-state index contributed by atoms with van der Waals surface area (Å²) < 4.78 is 0. The molecule has 2 aromatic heterocycles. The molecular formula is C14H13N3OS. The van der Waals surface area contributed by atoms with Crippen LogP contribution < -0.4 is 5.32 Å². The number of imidazole rings is 1. The number of carbonyl (C=O) groups excluding carboxylic acids is 1. The maximum atomic E-state index is 12.0. The maximum absolute atomic E-state index is 12.0. The summed E-state index contributed by atoms with van der Waals surface area (Å²) in [6, 6.07) is 11.3. The number of H-pyrrole nitrogens is 1. The first kappa shape index (κ1) is 11.9. The summed E-state index contributed by atoms with van der Waals surface area (Å²) in [5.74, 6) is 0.703. The van der Waals surface area contributed by atoms with Crippen LogP contribution in [0.5, 0.6) is 0 Å². The number of hydrogen-bond donors (Lipinski definition) is 2. The van der Waals surface area contributed by atoms with Crippen LogP contribution in [0.3, 0.4) is 0 Å². The lowest BCUT2D eigenvalue weighted by molar-refractivity contribution is 0.0942. The van der Waals surface area contributed by atoms with Crippen LogP contribution >= 0.6 is 11.3 Å². The highest BCUT2D eigenvalue weighted by atomic mass is 32.1. The average molecular weight is 271 g/mol. The van der Waals surface area contributed by atoms with E-state index in [4.69, 9.17) is 0 Å². The van der Waals surface area contributed by atoms with Gasteiger partial charge in [0.2, 0.25) is 0 Å². The van der Waals surface area contributed by atoms with Gasteiger partial charge in [-0.3, -0.25) is 4.79 Å². The van der Waals surface area contributed by atoms with Gasteiger partial charge in [0.25, 0.3) is 5.91 Å². The molecular weight excluding hydrogens is 258 g/mol. The van der Waals surface area contributed by atoms with Crippen molar-refractivity contribution in [2.75, 3.05) is 0 Å². The lowest BCUT2D eigenvalue weighted by atomic mass is 10.3. The lowest BCUT2D eigenvalue weighted by Gasteiger charge is -2.10. The van der Waals surface area contributed by atoms with Crippen molar-refractivity contribution in [3.8, 4) is 0 Å². The number of nitrogens with zero attached hydrogens (tertiary/aromatic N) is 1. The molecule has 2 N–H and O–H groups in total. The van der Waals surface area contributed by atoms with E-state index in [2.05, 4.69) is 15.3 Å². The molecule has 4 nitrogen and oxygen atoms in total. The van der Waals surface area contributed by atoms with Crippen LogP contribution in [0.1, 0.15) is 28.5 Å².